The highest BCUT2D eigenvalue weighted by atomic mass is 31.2. The van der Waals surface area contributed by atoms with Gasteiger partial charge in [0.25, 0.3) is 0 Å². The van der Waals surface area contributed by atoms with Gasteiger partial charge in [-0.1, -0.05) is 57.2 Å². The number of aliphatic hydroxyl groups excluding tert-OH is 1. The molecule has 250 valence electrons. The van der Waals surface area contributed by atoms with Crippen molar-refractivity contribution in [3.63, 3.8) is 0 Å². The first-order valence-electron chi connectivity index (χ1n) is 14.8. The standard InChI is InChI=1S/C31H38N7O8P/c1-18(27(40)43-16-30(2,3)4)37-47(41,46-21-13-9-11-19-10-7-8-12-20(19)21)44-14-22-24(39)31(5,15-32)28(45-22)38-17-34-23-25(38)35-29(33)36-26(23)42-6/h7-13,17-18,22,24,28,39H,14,16H2,1-6H3,(H,37,41)(H2,33,35,36)/t18-,22?,24+,28+,31+,47?/m0/s1. The fraction of sp³-hybridized carbons (Fsp3) is 0.452. The summed E-state index contributed by atoms with van der Waals surface area (Å²) < 4.78 is 44.6. The van der Waals surface area contributed by atoms with Crippen LogP contribution in [-0.4, -0.2) is 69.2 Å². The monoisotopic (exact) mass is 667 g/mol. The number of hydrogen-bond acceptors (Lipinski definition) is 13. The molecule has 47 heavy (non-hydrogen) atoms. The maximum atomic E-state index is 14.4. The van der Waals surface area contributed by atoms with E-state index in [0.717, 1.165) is 5.39 Å². The van der Waals surface area contributed by atoms with Crippen molar-refractivity contribution in [1.82, 2.24) is 24.6 Å². The van der Waals surface area contributed by atoms with E-state index in [1.165, 1.54) is 31.9 Å². The molecule has 1 aliphatic heterocycles. The Hall–Kier alpha value is -4.32. The van der Waals surface area contributed by atoms with Crippen molar-refractivity contribution in [1.29, 1.82) is 5.26 Å². The van der Waals surface area contributed by atoms with E-state index in [0.29, 0.717) is 5.39 Å². The summed E-state index contributed by atoms with van der Waals surface area (Å²) >= 11 is 0. The molecule has 6 atom stereocenters. The lowest BCUT2D eigenvalue weighted by atomic mass is 9.84. The zero-order valence-electron chi connectivity index (χ0n) is 26.9. The third kappa shape index (κ3) is 7.02. The number of carbonyl (C=O) groups is 1. The minimum absolute atomic E-state index is 0.0964. The van der Waals surface area contributed by atoms with Crippen LogP contribution in [0.2, 0.25) is 0 Å². The number of aliphatic hydroxyl groups is 1. The number of nitrogens with one attached hydrogen (secondary N) is 1. The number of nitrogens with two attached hydrogens (primary N) is 1. The number of benzene rings is 2. The molecule has 2 aromatic heterocycles. The summed E-state index contributed by atoms with van der Waals surface area (Å²) in [5, 5.41) is 25.8. The molecule has 3 heterocycles. The van der Waals surface area contributed by atoms with Crippen LogP contribution in [0.1, 0.15) is 40.8 Å². The van der Waals surface area contributed by atoms with Crippen LogP contribution in [0.15, 0.2) is 48.8 Å². The summed E-state index contributed by atoms with van der Waals surface area (Å²) in [4.78, 5) is 25.4. The van der Waals surface area contributed by atoms with Crippen molar-refractivity contribution >= 4 is 41.6 Å². The molecular weight excluding hydrogens is 629 g/mol. The number of carbonyl (C=O) groups excluding carboxylic acids is 1. The molecule has 0 radical (unpaired) electrons. The normalized spacial score (nSPS) is 23.2. The fourth-order valence-corrected chi connectivity index (χ4v) is 6.63. The second-order valence-corrected chi connectivity index (χ2v) is 14.4. The first-order valence-corrected chi connectivity index (χ1v) is 16.4. The van der Waals surface area contributed by atoms with Crippen LogP contribution in [0.4, 0.5) is 5.95 Å². The number of aromatic nitrogens is 4. The van der Waals surface area contributed by atoms with Crippen molar-refractivity contribution in [2.45, 2.75) is 59.1 Å². The maximum absolute atomic E-state index is 14.4. The minimum atomic E-state index is -4.38. The van der Waals surface area contributed by atoms with Gasteiger partial charge in [0.15, 0.2) is 17.4 Å². The van der Waals surface area contributed by atoms with Gasteiger partial charge in [0.2, 0.25) is 11.8 Å². The maximum Gasteiger partial charge on any atom is 0.459 e. The molecule has 2 unspecified atom stereocenters. The number of nitriles is 1. The zero-order valence-corrected chi connectivity index (χ0v) is 27.8. The van der Waals surface area contributed by atoms with Crippen molar-refractivity contribution in [2.24, 2.45) is 10.8 Å². The molecule has 5 rings (SSSR count). The molecule has 1 fully saturated rings. The van der Waals surface area contributed by atoms with Gasteiger partial charge in [-0.15, -0.1) is 0 Å². The summed E-state index contributed by atoms with van der Waals surface area (Å²) in [6, 6.07) is 13.6. The quantitative estimate of drug-likeness (QED) is 0.152. The van der Waals surface area contributed by atoms with Crippen LogP contribution in [0, 0.1) is 22.2 Å². The molecule has 0 amide bonds. The number of nitrogens with zero attached hydrogens (tertiary/aromatic N) is 5. The Balaban J connectivity index is 1.43. The molecule has 1 aliphatic rings. The minimum Gasteiger partial charge on any atom is -0.479 e. The number of nitrogen functional groups attached to an aromatic ring is 1. The van der Waals surface area contributed by atoms with Gasteiger partial charge in [0.1, 0.15) is 29.4 Å². The Kier molecular flexibility index (Phi) is 9.45. The van der Waals surface area contributed by atoms with E-state index in [2.05, 4.69) is 26.1 Å². The second-order valence-electron chi connectivity index (χ2n) is 12.7. The van der Waals surface area contributed by atoms with Crippen LogP contribution in [0.5, 0.6) is 11.6 Å². The Morgan fingerprint density at radius 2 is 1.98 bits per heavy atom. The number of esters is 1. The van der Waals surface area contributed by atoms with Gasteiger partial charge in [0.05, 0.1) is 32.7 Å². The Bertz CT molecular complexity index is 1870. The van der Waals surface area contributed by atoms with E-state index >= 15 is 0 Å². The third-order valence-corrected chi connectivity index (χ3v) is 9.24. The number of imidazole rings is 1. The first kappa shape index (κ1) is 34.0. The summed E-state index contributed by atoms with van der Waals surface area (Å²) in [6.07, 6.45) is -2.37. The molecule has 15 nitrogen and oxygen atoms in total. The number of hydrogen-bond donors (Lipinski definition) is 3. The van der Waals surface area contributed by atoms with Gasteiger partial charge in [-0.25, -0.2) is 9.55 Å². The average molecular weight is 668 g/mol. The van der Waals surface area contributed by atoms with Crippen molar-refractivity contribution in [3.05, 3.63) is 48.8 Å². The molecule has 1 saturated heterocycles. The van der Waals surface area contributed by atoms with Gasteiger partial charge < -0.3 is 29.6 Å². The summed E-state index contributed by atoms with van der Waals surface area (Å²) in [5.41, 5.74) is 4.51. The SMILES string of the molecule is COc1nc(N)nc2c1ncn2[C@@H]1OC(COP(=O)(N[C@@H](C)C(=O)OCC(C)(C)C)Oc2cccc3ccccc23)[C@@H](O)[C@@]1(C)C#N. The van der Waals surface area contributed by atoms with Crippen molar-refractivity contribution < 1.29 is 37.7 Å². The third-order valence-electron chi connectivity index (χ3n) is 7.61. The molecule has 2 aromatic carbocycles. The van der Waals surface area contributed by atoms with E-state index in [1.54, 1.807) is 24.3 Å². The van der Waals surface area contributed by atoms with Gasteiger partial charge >= 0.3 is 13.7 Å². The van der Waals surface area contributed by atoms with E-state index in [1.807, 2.05) is 39.0 Å². The average Bonchev–Trinajstić information content (AvgIpc) is 3.56. The zero-order chi connectivity index (χ0) is 34.1. The number of rotatable bonds is 11. The van der Waals surface area contributed by atoms with Gasteiger partial charge in [-0.2, -0.15) is 20.3 Å². The lowest BCUT2D eigenvalue weighted by Gasteiger charge is -2.26. The molecule has 4 N–H and O–H groups in total. The molecule has 0 aliphatic carbocycles. The van der Waals surface area contributed by atoms with E-state index in [4.69, 9.17) is 29.0 Å². The van der Waals surface area contributed by atoms with Crippen molar-refractivity contribution in [2.75, 3.05) is 26.1 Å². The Morgan fingerprint density at radius 3 is 2.68 bits per heavy atom. The highest BCUT2D eigenvalue weighted by Gasteiger charge is 2.56. The van der Waals surface area contributed by atoms with Crippen LogP contribution < -0.4 is 20.1 Å². The van der Waals surface area contributed by atoms with Gasteiger partial charge in [-0.05, 0) is 30.7 Å². The van der Waals surface area contributed by atoms with Gasteiger partial charge in [0, 0.05) is 5.39 Å². The lowest BCUT2D eigenvalue weighted by molar-refractivity contribution is -0.148. The molecule has 16 heteroatoms. The van der Waals surface area contributed by atoms with E-state index < -0.39 is 50.2 Å². The predicted molar refractivity (Wildman–Crippen MR) is 171 cm³/mol. The largest absolute Gasteiger partial charge is 0.479 e. The topological polar surface area (TPSA) is 206 Å². The Labute approximate surface area is 271 Å². The van der Waals surface area contributed by atoms with Gasteiger partial charge in [-0.3, -0.25) is 13.9 Å². The molecular formula is C31H38N7O8P. The lowest BCUT2D eigenvalue weighted by Crippen LogP contribution is -2.39. The highest BCUT2D eigenvalue weighted by Crippen LogP contribution is 2.50. The summed E-state index contributed by atoms with van der Waals surface area (Å²) in [5.74, 6) is -0.404. The van der Waals surface area contributed by atoms with Crippen molar-refractivity contribution in [3.8, 4) is 17.7 Å². The first-order chi connectivity index (χ1) is 22.2. The summed E-state index contributed by atoms with van der Waals surface area (Å²) in [7, 11) is -2.98. The van der Waals surface area contributed by atoms with E-state index in [-0.39, 0.29) is 40.8 Å². The Morgan fingerprint density at radius 1 is 1.26 bits per heavy atom. The van der Waals surface area contributed by atoms with E-state index in [9.17, 15) is 19.7 Å². The van der Waals surface area contributed by atoms with Crippen LogP contribution in [0.25, 0.3) is 21.9 Å². The molecule has 0 saturated carbocycles. The summed E-state index contributed by atoms with van der Waals surface area (Å²) in [6.45, 7) is 8.36. The number of ether oxygens (including phenoxy) is 3. The van der Waals surface area contributed by atoms with Crippen LogP contribution in [-0.2, 0) is 23.4 Å². The number of methoxy groups -OCH3 is 1. The predicted octanol–water partition coefficient (Wildman–Crippen LogP) is 4.13. The van der Waals surface area contributed by atoms with Crippen LogP contribution in [0.3, 0.4) is 0 Å². The van der Waals surface area contributed by atoms with Crippen LogP contribution >= 0.6 is 7.75 Å². The molecule has 4 aromatic rings. The molecule has 0 spiro atoms. The highest BCUT2D eigenvalue weighted by molar-refractivity contribution is 7.52. The number of fused-ring (bicyclic) bond motifs is 2. The molecule has 0 bridgehead atoms. The second kappa shape index (κ2) is 13.1. The number of anilines is 1. The smallest absolute Gasteiger partial charge is 0.459 e. The fourth-order valence-electron chi connectivity index (χ4n) is 5.11.